The topological polar surface area (TPSA) is 0 Å². The molecule has 2 fully saturated rings. The lowest BCUT2D eigenvalue weighted by Gasteiger charge is -2.07. The van der Waals surface area contributed by atoms with Gasteiger partial charge < -0.3 is 0 Å². The molecule has 0 heterocycles. The molecular formula is C12H22. The van der Waals surface area contributed by atoms with Crippen molar-refractivity contribution in [2.45, 2.75) is 58.8 Å². The molecule has 2 rings (SSSR count). The van der Waals surface area contributed by atoms with Gasteiger partial charge in [-0.1, -0.05) is 39.5 Å². The summed E-state index contributed by atoms with van der Waals surface area (Å²) < 4.78 is 0. The molecule has 70 valence electrons. The number of hydrogen-bond acceptors (Lipinski definition) is 0. The van der Waals surface area contributed by atoms with E-state index in [2.05, 4.69) is 13.8 Å². The van der Waals surface area contributed by atoms with Crippen LogP contribution in [0.15, 0.2) is 0 Å². The highest BCUT2D eigenvalue weighted by molar-refractivity contribution is 5.13. The van der Waals surface area contributed by atoms with Gasteiger partial charge in [0.2, 0.25) is 0 Å². The van der Waals surface area contributed by atoms with Crippen LogP contribution in [0.2, 0.25) is 0 Å². The third-order valence-corrected chi connectivity index (χ3v) is 4.43. The van der Waals surface area contributed by atoms with Crippen LogP contribution in [-0.2, 0) is 0 Å². The molecule has 0 aromatic rings. The highest BCUT2D eigenvalue weighted by Gasteiger charge is 2.64. The van der Waals surface area contributed by atoms with Gasteiger partial charge in [-0.25, -0.2) is 0 Å². The van der Waals surface area contributed by atoms with E-state index in [-0.39, 0.29) is 0 Å². The molecule has 2 saturated carbocycles. The number of rotatable bonds is 5. The molecule has 0 spiro atoms. The fraction of sp³-hybridized carbons (Fsp3) is 1.00. The Bertz CT molecular complexity index is 149. The minimum Gasteiger partial charge on any atom is -0.0654 e. The van der Waals surface area contributed by atoms with Gasteiger partial charge in [-0.3, -0.25) is 0 Å². The summed E-state index contributed by atoms with van der Waals surface area (Å²) in [6, 6.07) is 0. The second kappa shape index (κ2) is 3.05. The lowest BCUT2D eigenvalue weighted by atomic mass is 9.98. The molecule has 0 aliphatic heterocycles. The number of unbranched alkanes of at least 4 members (excludes halogenated alkanes) is 3. The molecule has 0 N–H and O–H groups in total. The van der Waals surface area contributed by atoms with E-state index in [9.17, 15) is 0 Å². The van der Waals surface area contributed by atoms with E-state index in [1.807, 2.05) is 0 Å². The second-order valence-electron chi connectivity index (χ2n) is 5.11. The van der Waals surface area contributed by atoms with Crippen LogP contribution in [0.1, 0.15) is 58.8 Å². The SMILES string of the molecule is CCCCCCC1(C)C2CCC21. The van der Waals surface area contributed by atoms with Crippen molar-refractivity contribution in [1.29, 1.82) is 0 Å². The Morgan fingerprint density at radius 2 is 1.75 bits per heavy atom. The largest absolute Gasteiger partial charge is 0.0654 e. The van der Waals surface area contributed by atoms with Gasteiger partial charge in [0.1, 0.15) is 0 Å². The molecule has 2 atom stereocenters. The number of fused-ring (bicyclic) bond motifs is 1. The van der Waals surface area contributed by atoms with Gasteiger partial charge in [0.25, 0.3) is 0 Å². The van der Waals surface area contributed by atoms with Crippen molar-refractivity contribution < 1.29 is 0 Å². The van der Waals surface area contributed by atoms with Crippen LogP contribution in [0.4, 0.5) is 0 Å². The molecular weight excluding hydrogens is 144 g/mol. The van der Waals surface area contributed by atoms with Gasteiger partial charge in [-0.2, -0.15) is 0 Å². The summed E-state index contributed by atoms with van der Waals surface area (Å²) in [7, 11) is 0. The summed E-state index contributed by atoms with van der Waals surface area (Å²) in [6.07, 6.45) is 10.4. The van der Waals surface area contributed by atoms with Gasteiger partial charge in [0.05, 0.1) is 0 Å². The average molecular weight is 166 g/mol. The summed E-state index contributed by atoms with van der Waals surface area (Å²) in [4.78, 5) is 0. The molecule has 0 amide bonds. The standard InChI is InChI=1S/C12H22/c1-3-4-5-6-9-12(2)10-7-8-11(10)12/h10-11H,3-9H2,1-2H3. The molecule has 0 saturated heterocycles. The summed E-state index contributed by atoms with van der Waals surface area (Å²) >= 11 is 0. The van der Waals surface area contributed by atoms with Crippen LogP contribution >= 0.6 is 0 Å². The Balaban J connectivity index is 1.61. The van der Waals surface area contributed by atoms with Crippen LogP contribution in [0.3, 0.4) is 0 Å². The molecule has 0 aromatic carbocycles. The van der Waals surface area contributed by atoms with Gasteiger partial charge >= 0.3 is 0 Å². The fourth-order valence-electron chi connectivity index (χ4n) is 3.23. The first-order valence-electron chi connectivity index (χ1n) is 5.79. The molecule has 0 nitrogen and oxygen atoms in total. The van der Waals surface area contributed by atoms with Gasteiger partial charge in [-0.15, -0.1) is 0 Å². The molecule has 12 heavy (non-hydrogen) atoms. The Hall–Kier alpha value is 0. The van der Waals surface area contributed by atoms with E-state index in [1.165, 1.54) is 43.9 Å². The summed E-state index contributed by atoms with van der Waals surface area (Å²) in [5, 5.41) is 0. The molecule has 0 radical (unpaired) electrons. The average Bonchev–Trinajstić information content (AvgIpc) is 2.36. The van der Waals surface area contributed by atoms with Crippen LogP contribution in [0, 0.1) is 17.3 Å². The monoisotopic (exact) mass is 166 g/mol. The first-order valence-corrected chi connectivity index (χ1v) is 5.79. The smallest absolute Gasteiger partial charge is 0.0264 e. The van der Waals surface area contributed by atoms with E-state index >= 15 is 0 Å². The molecule has 2 unspecified atom stereocenters. The van der Waals surface area contributed by atoms with Crippen molar-refractivity contribution in [3.63, 3.8) is 0 Å². The van der Waals surface area contributed by atoms with Crippen molar-refractivity contribution in [1.82, 2.24) is 0 Å². The predicted octanol–water partition coefficient (Wildman–Crippen LogP) is 4.00. The van der Waals surface area contributed by atoms with Crippen molar-refractivity contribution in [3.05, 3.63) is 0 Å². The Labute approximate surface area is 76.7 Å². The fourth-order valence-corrected chi connectivity index (χ4v) is 3.23. The lowest BCUT2D eigenvalue weighted by Crippen LogP contribution is -1.96. The van der Waals surface area contributed by atoms with Crippen molar-refractivity contribution >= 4 is 0 Å². The highest BCUT2D eigenvalue weighted by Crippen LogP contribution is 2.72. The van der Waals surface area contributed by atoms with Gasteiger partial charge in [-0.05, 0) is 36.5 Å². The Morgan fingerprint density at radius 3 is 2.25 bits per heavy atom. The van der Waals surface area contributed by atoms with E-state index in [1.54, 1.807) is 12.8 Å². The maximum Gasteiger partial charge on any atom is -0.0264 e. The van der Waals surface area contributed by atoms with E-state index < -0.39 is 0 Å². The van der Waals surface area contributed by atoms with Crippen LogP contribution in [0.25, 0.3) is 0 Å². The van der Waals surface area contributed by atoms with Crippen molar-refractivity contribution in [2.75, 3.05) is 0 Å². The second-order valence-corrected chi connectivity index (χ2v) is 5.11. The van der Waals surface area contributed by atoms with Crippen molar-refractivity contribution in [3.8, 4) is 0 Å². The van der Waals surface area contributed by atoms with Crippen LogP contribution in [-0.4, -0.2) is 0 Å². The quantitative estimate of drug-likeness (QED) is 0.541. The molecule has 2 aliphatic carbocycles. The Kier molecular flexibility index (Phi) is 2.18. The maximum atomic E-state index is 2.53. The van der Waals surface area contributed by atoms with Gasteiger partial charge in [0, 0.05) is 0 Å². The minimum atomic E-state index is 0.827. The third kappa shape index (κ3) is 1.20. The highest BCUT2D eigenvalue weighted by atomic mass is 14.7. The molecule has 0 heteroatoms. The summed E-state index contributed by atoms with van der Waals surface area (Å²) in [5.41, 5.74) is 0.827. The summed E-state index contributed by atoms with van der Waals surface area (Å²) in [6.45, 7) is 4.82. The molecule has 0 aromatic heterocycles. The predicted molar refractivity (Wildman–Crippen MR) is 53.1 cm³/mol. The third-order valence-electron chi connectivity index (χ3n) is 4.43. The van der Waals surface area contributed by atoms with Crippen LogP contribution < -0.4 is 0 Å². The zero-order chi connectivity index (χ0) is 8.60. The molecule has 2 aliphatic rings. The van der Waals surface area contributed by atoms with E-state index in [0.29, 0.717) is 0 Å². The normalized spacial score (nSPS) is 43.5. The van der Waals surface area contributed by atoms with Crippen molar-refractivity contribution in [2.24, 2.45) is 17.3 Å². The minimum absolute atomic E-state index is 0.827. The zero-order valence-electron chi connectivity index (χ0n) is 8.60. The maximum absolute atomic E-state index is 2.53. The van der Waals surface area contributed by atoms with Crippen LogP contribution in [0.5, 0.6) is 0 Å². The first kappa shape index (κ1) is 8.59. The summed E-state index contributed by atoms with van der Waals surface area (Å²) in [5.74, 6) is 2.33. The first-order chi connectivity index (χ1) is 5.79. The molecule has 0 bridgehead atoms. The van der Waals surface area contributed by atoms with Gasteiger partial charge in [0.15, 0.2) is 0 Å². The zero-order valence-corrected chi connectivity index (χ0v) is 8.60. The van der Waals surface area contributed by atoms with E-state index in [0.717, 1.165) is 5.41 Å². The van der Waals surface area contributed by atoms with E-state index in [4.69, 9.17) is 0 Å². The lowest BCUT2D eigenvalue weighted by molar-refractivity contribution is 0.439. The number of hydrogen-bond donors (Lipinski definition) is 0. The Morgan fingerprint density at radius 1 is 1.08 bits per heavy atom.